The highest BCUT2D eigenvalue weighted by Gasteiger charge is 2.27. The standard InChI is InChI=1S/C16H24N4O5S/c1-18(2)26(23,24)16(22)17-12-15(21)20-9-7-19(8-10-20)13-5-4-6-14(11-13)25-3/h4-6,11H,7-10,12H2,1-3H3,(H,17,22). The quantitative estimate of drug-likeness (QED) is 0.764. The number of hydrogen-bond donors (Lipinski definition) is 1. The number of sulfonamides is 1. The van der Waals surface area contributed by atoms with Crippen LogP contribution in [0.3, 0.4) is 0 Å². The molecule has 0 unspecified atom stereocenters. The van der Waals surface area contributed by atoms with Gasteiger partial charge >= 0.3 is 5.24 Å². The van der Waals surface area contributed by atoms with Crippen molar-refractivity contribution < 1.29 is 22.7 Å². The average molecular weight is 384 g/mol. The third-order valence-corrected chi connectivity index (χ3v) is 5.72. The Balaban J connectivity index is 1.85. The van der Waals surface area contributed by atoms with Gasteiger partial charge in [0.25, 0.3) is 10.0 Å². The highest BCUT2D eigenvalue weighted by atomic mass is 32.2. The van der Waals surface area contributed by atoms with Crippen LogP contribution in [0, 0.1) is 0 Å². The minimum Gasteiger partial charge on any atom is -0.497 e. The Hall–Kier alpha value is -2.33. The Labute approximate surface area is 153 Å². The molecule has 1 aromatic carbocycles. The van der Waals surface area contributed by atoms with E-state index in [0.717, 1.165) is 15.7 Å². The van der Waals surface area contributed by atoms with Crippen molar-refractivity contribution in [3.8, 4) is 5.75 Å². The normalized spacial score (nSPS) is 15.1. The number of carbonyl (C=O) groups excluding carboxylic acids is 2. The highest BCUT2D eigenvalue weighted by Crippen LogP contribution is 2.22. The lowest BCUT2D eigenvalue weighted by Crippen LogP contribution is -2.52. The molecule has 1 heterocycles. The lowest BCUT2D eigenvalue weighted by Gasteiger charge is -2.36. The van der Waals surface area contributed by atoms with Crippen molar-refractivity contribution in [1.82, 2.24) is 14.5 Å². The van der Waals surface area contributed by atoms with Crippen LogP contribution < -0.4 is 15.0 Å². The van der Waals surface area contributed by atoms with Gasteiger partial charge in [0.15, 0.2) is 0 Å². The van der Waals surface area contributed by atoms with E-state index < -0.39 is 15.3 Å². The molecule has 0 bridgehead atoms. The minimum atomic E-state index is -4.06. The number of methoxy groups -OCH3 is 1. The minimum absolute atomic E-state index is 0.308. The number of nitrogens with zero attached hydrogens (tertiary/aromatic N) is 3. The summed E-state index contributed by atoms with van der Waals surface area (Å²) >= 11 is 0. The molecule has 2 rings (SSSR count). The second kappa shape index (κ2) is 8.37. The number of hydrogen-bond acceptors (Lipinski definition) is 6. The van der Waals surface area contributed by atoms with E-state index in [9.17, 15) is 18.0 Å². The monoisotopic (exact) mass is 384 g/mol. The summed E-state index contributed by atoms with van der Waals surface area (Å²) in [6.45, 7) is 1.93. The van der Waals surface area contributed by atoms with Crippen molar-refractivity contribution in [2.45, 2.75) is 0 Å². The maximum absolute atomic E-state index is 12.2. The summed E-state index contributed by atoms with van der Waals surface area (Å²) in [5.74, 6) is 0.461. The number of ether oxygens (including phenoxy) is 1. The van der Waals surface area contributed by atoms with Gasteiger partial charge < -0.3 is 19.9 Å². The predicted molar refractivity (Wildman–Crippen MR) is 97.8 cm³/mol. The first-order valence-electron chi connectivity index (χ1n) is 8.13. The maximum atomic E-state index is 12.2. The molecule has 1 saturated heterocycles. The van der Waals surface area contributed by atoms with Crippen LogP contribution in [0.25, 0.3) is 0 Å². The lowest BCUT2D eigenvalue weighted by molar-refractivity contribution is -0.130. The van der Waals surface area contributed by atoms with Gasteiger partial charge in [-0.25, -0.2) is 8.42 Å². The molecule has 10 heteroatoms. The molecule has 2 amide bonds. The zero-order chi connectivity index (χ0) is 19.3. The van der Waals surface area contributed by atoms with Crippen molar-refractivity contribution in [3.05, 3.63) is 24.3 Å². The largest absolute Gasteiger partial charge is 0.497 e. The van der Waals surface area contributed by atoms with E-state index in [0.29, 0.717) is 26.2 Å². The molecule has 1 aromatic rings. The molecule has 0 radical (unpaired) electrons. The Morgan fingerprint density at radius 3 is 2.42 bits per heavy atom. The van der Waals surface area contributed by atoms with Crippen LogP contribution in [0.4, 0.5) is 10.5 Å². The summed E-state index contributed by atoms with van der Waals surface area (Å²) in [5, 5.41) is 0.994. The number of carbonyl (C=O) groups is 2. The van der Waals surface area contributed by atoms with E-state index in [-0.39, 0.29) is 12.5 Å². The SMILES string of the molecule is COc1cccc(N2CCN(C(=O)CNC(=O)S(=O)(=O)N(C)C)CC2)c1. The molecule has 1 fully saturated rings. The van der Waals surface area contributed by atoms with Crippen LogP contribution in [0.1, 0.15) is 0 Å². The first kappa shape index (κ1) is 20.0. The number of benzene rings is 1. The van der Waals surface area contributed by atoms with Crippen molar-refractivity contribution in [3.63, 3.8) is 0 Å². The number of anilines is 1. The van der Waals surface area contributed by atoms with E-state index in [1.165, 1.54) is 14.1 Å². The molecule has 0 saturated carbocycles. The second-order valence-corrected chi connectivity index (χ2v) is 8.05. The van der Waals surface area contributed by atoms with Gasteiger partial charge in [-0.1, -0.05) is 6.07 Å². The smallest absolute Gasteiger partial charge is 0.352 e. The molecular formula is C16H24N4O5S. The Morgan fingerprint density at radius 1 is 1.19 bits per heavy atom. The van der Waals surface area contributed by atoms with Gasteiger partial charge in [0.1, 0.15) is 5.75 Å². The molecule has 144 valence electrons. The van der Waals surface area contributed by atoms with Gasteiger partial charge in [0.2, 0.25) is 5.91 Å². The van der Waals surface area contributed by atoms with Crippen molar-refractivity contribution in [2.24, 2.45) is 0 Å². The van der Waals surface area contributed by atoms with Crippen molar-refractivity contribution in [2.75, 3.05) is 58.8 Å². The summed E-state index contributed by atoms with van der Waals surface area (Å²) < 4.78 is 29.3. The predicted octanol–water partition coefficient (Wildman–Crippen LogP) is -0.0552. The van der Waals surface area contributed by atoms with Gasteiger partial charge in [-0.05, 0) is 12.1 Å². The molecule has 26 heavy (non-hydrogen) atoms. The van der Waals surface area contributed by atoms with Crippen LogP contribution in [-0.2, 0) is 14.8 Å². The number of rotatable bonds is 5. The van der Waals surface area contributed by atoms with Gasteiger partial charge in [-0.15, -0.1) is 0 Å². The molecule has 1 aliphatic heterocycles. The van der Waals surface area contributed by atoms with E-state index >= 15 is 0 Å². The van der Waals surface area contributed by atoms with Gasteiger partial charge in [-0.2, -0.15) is 4.31 Å². The Morgan fingerprint density at radius 2 is 1.85 bits per heavy atom. The molecule has 0 aliphatic carbocycles. The van der Waals surface area contributed by atoms with Gasteiger partial charge in [0, 0.05) is 52.0 Å². The van der Waals surface area contributed by atoms with E-state index in [4.69, 9.17) is 4.74 Å². The van der Waals surface area contributed by atoms with Crippen molar-refractivity contribution >= 4 is 26.9 Å². The second-order valence-electron chi connectivity index (χ2n) is 6.00. The molecule has 0 aromatic heterocycles. The van der Waals surface area contributed by atoms with Crippen LogP contribution in [0.5, 0.6) is 5.75 Å². The molecule has 0 spiro atoms. The molecule has 0 atom stereocenters. The van der Waals surface area contributed by atoms with E-state index in [1.807, 2.05) is 24.3 Å². The third-order valence-electron chi connectivity index (χ3n) is 4.15. The summed E-state index contributed by atoms with van der Waals surface area (Å²) in [6, 6.07) is 7.69. The fraction of sp³-hybridized carbons (Fsp3) is 0.500. The van der Waals surface area contributed by atoms with Gasteiger partial charge in [0.05, 0.1) is 13.7 Å². The van der Waals surface area contributed by atoms with Crippen LogP contribution in [-0.4, -0.2) is 82.7 Å². The first-order valence-corrected chi connectivity index (χ1v) is 9.57. The zero-order valence-electron chi connectivity index (χ0n) is 15.1. The highest BCUT2D eigenvalue weighted by molar-refractivity contribution is 8.03. The molecule has 1 aliphatic rings. The molecular weight excluding hydrogens is 360 g/mol. The Kier molecular flexibility index (Phi) is 6.43. The van der Waals surface area contributed by atoms with Crippen LogP contribution in [0.15, 0.2) is 24.3 Å². The Bertz CT molecular complexity index is 758. The van der Waals surface area contributed by atoms with Crippen LogP contribution in [0.2, 0.25) is 0 Å². The third kappa shape index (κ3) is 4.64. The summed E-state index contributed by atoms with van der Waals surface area (Å²) in [5.41, 5.74) is 1.02. The summed E-state index contributed by atoms with van der Waals surface area (Å²) in [6.07, 6.45) is 0. The molecule has 9 nitrogen and oxygen atoms in total. The lowest BCUT2D eigenvalue weighted by atomic mass is 10.2. The topological polar surface area (TPSA) is 99.3 Å². The van der Waals surface area contributed by atoms with E-state index in [1.54, 1.807) is 12.0 Å². The average Bonchev–Trinajstić information content (AvgIpc) is 2.65. The van der Waals surface area contributed by atoms with Crippen molar-refractivity contribution in [1.29, 1.82) is 0 Å². The number of amides is 2. The maximum Gasteiger partial charge on any atom is 0.352 e. The fourth-order valence-corrected chi connectivity index (χ4v) is 3.12. The summed E-state index contributed by atoms with van der Waals surface area (Å²) in [4.78, 5) is 27.6. The zero-order valence-corrected chi connectivity index (χ0v) is 16.0. The number of nitrogens with one attached hydrogen (secondary N) is 1. The first-order chi connectivity index (χ1) is 12.3. The van der Waals surface area contributed by atoms with E-state index in [2.05, 4.69) is 10.2 Å². The molecule has 1 N–H and O–H groups in total. The number of piperazine rings is 1. The summed E-state index contributed by atoms with van der Waals surface area (Å²) in [7, 11) is 0.0663. The fourth-order valence-electron chi connectivity index (χ4n) is 2.54. The van der Waals surface area contributed by atoms with Crippen LogP contribution >= 0.6 is 0 Å². The van der Waals surface area contributed by atoms with Gasteiger partial charge in [-0.3, -0.25) is 9.59 Å².